The molecule has 5 nitrogen and oxygen atoms in total. The van der Waals surface area contributed by atoms with Crippen LogP contribution in [0.1, 0.15) is 34.6 Å². The van der Waals surface area contributed by atoms with E-state index in [4.69, 9.17) is 9.94 Å². The highest BCUT2D eigenvalue weighted by molar-refractivity contribution is 5.75. The van der Waals surface area contributed by atoms with Gasteiger partial charge in [0.1, 0.15) is 5.60 Å². The van der Waals surface area contributed by atoms with Crippen molar-refractivity contribution in [3.8, 4) is 0 Å². The number of oxime groups is 1. The lowest BCUT2D eigenvalue weighted by molar-refractivity contribution is 0.0509. The van der Waals surface area contributed by atoms with Gasteiger partial charge in [-0.3, -0.25) is 0 Å². The van der Waals surface area contributed by atoms with Gasteiger partial charge in [0.15, 0.2) is 0 Å². The molecule has 0 aliphatic heterocycles. The van der Waals surface area contributed by atoms with Crippen LogP contribution in [0.2, 0.25) is 0 Å². The minimum atomic E-state index is -0.526. The summed E-state index contributed by atoms with van der Waals surface area (Å²) in [5, 5.41) is 13.9. The van der Waals surface area contributed by atoms with Gasteiger partial charge < -0.3 is 15.3 Å². The Morgan fingerprint density at radius 3 is 2.33 bits per heavy atom. The number of hydrogen-bond donors (Lipinski definition) is 2. The highest BCUT2D eigenvalue weighted by Gasteiger charge is 2.20. The van der Waals surface area contributed by atoms with Gasteiger partial charge in [0.2, 0.25) is 0 Å². The molecule has 1 amide bonds. The molecule has 0 saturated carbocycles. The van der Waals surface area contributed by atoms with Crippen LogP contribution in [-0.2, 0) is 4.74 Å². The maximum atomic E-state index is 11.4. The number of ether oxygens (including phenoxy) is 1. The zero-order chi connectivity index (χ0) is 12.1. The van der Waals surface area contributed by atoms with Gasteiger partial charge in [0.25, 0.3) is 0 Å². The quantitative estimate of drug-likeness (QED) is 0.430. The largest absolute Gasteiger partial charge is 0.444 e. The van der Waals surface area contributed by atoms with Crippen molar-refractivity contribution < 1.29 is 14.7 Å². The third kappa shape index (κ3) is 6.76. The number of carbonyl (C=O) groups is 1. The summed E-state index contributed by atoms with van der Waals surface area (Å²) in [5.41, 5.74) is -0.526. The molecule has 15 heavy (non-hydrogen) atoms. The van der Waals surface area contributed by atoms with Gasteiger partial charge in [-0.1, -0.05) is 19.0 Å². The molecule has 0 fully saturated rings. The summed E-state index contributed by atoms with van der Waals surface area (Å²) in [6, 6.07) is -0.329. The highest BCUT2D eigenvalue weighted by atomic mass is 16.6. The first-order chi connectivity index (χ1) is 6.76. The lowest BCUT2D eigenvalue weighted by atomic mass is 10.1. The number of nitrogens with one attached hydrogen (secondary N) is 1. The molecule has 2 N–H and O–H groups in total. The van der Waals surface area contributed by atoms with Crippen LogP contribution >= 0.6 is 0 Å². The molecule has 5 heteroatoms. The monoisotopic (exact) mass is 216 g/mol. The molecule has 1 atom stereocenters. The molecule has 88 valence electrons. The van der Waals surface area contributed by atoms with Gasteiger partial charge >= 0.3 is 6.09 Å². The first-order valence-corrected chi connectivity index (χ1v) is 4.93. The van der Waals surface area contributed by atoms with Crippen LogP contribution in [-0.4, -0.2) is 29.2 Å². The molecule has 0 aliphatic carbocycles. The van der Waals surface area contributed by atoms with Gasteiger partial charge in [0.05, 0.1) is 12.3 Å². The molecule has 0 aromatic heterocycles. The highest BCUT2D eigenvalue weighted by Crippen LogP contribution is 2.07. The van der Waals surface area contributed by atoms with E-state index in [1.165, 1.54) is 6.21 Å². The summed E-state index contributed by atoms with van der Waals surface area (Å²) in [5.74, 6) is 0.133. The molecule has 0 aromatic carbocycles. The van der Waals surface area contributed by atoms with Gasteiger partial charge in [-0.2, -0.15) is 0 Å². The van der Waals surface area contributed by atoms with Crippen LogP contribution in [0.15, 0.2) is 5.16 Å². The van der Waals surface area contributed by atoms with Crippen molar-refractivity contribution in [2.75, 3.05) is 0 Å². The first-order valence-electron chi connectivity index (χ1n) is 4.93. The maximum Gasteiger partial charge on any atom is 0.408 e. The van der Waals surface area contributed by atoms with Gasteiger partial charge in [-0.05, 0) is 26.7 Å². The molecule has 0 spiro atoms. The molecule has 0 unspecified atom stereocenters. The zero-order valence-electron chi connectivity index (χ0n) is 9.94. The van der Waals surface area contributed by atoms with Gasteiger partial charge in [-0.15, -0.1) is 0 Å². The van der Waals surface area contributed by atoms with Crippen LogP contribution in [0, 0.1) is 5.92 Å². The second-order valence-electron chi connectivity index (χ2n) is 4.68. The molecule has 0 aromatic rings. The van der Waals surface area contributed by atoms with Crippen molar-refractivity contribution in [2.24, 2.45) is 11.1 Å². The van der Waals surface area contributed by atoms with E-state index in [2.05, 4.69) is 10.5 Å². The predicted octanol–water partition coefficient (Wildman–Crippen LogP) is 2.00. The van der Waals surface area contributed by atoms with Crippen molar-refractivity contribution in [1.29, 1.82) is 0 Å². The Kier molecular flexibility index (Phi) is 5.11. The van der Waals surface area contributed by atoms with E-state index in [9.17, 15) is 4.79 Å². The van der Waals surface area contributed by atoms with Crippen molar-refractivity contribution in [3.05, 3.63) is 0 Å². The van der Waals surface area contributed by atoms with E-state index in [1.54, 1.807) is 20.8 Å². The number of hydrogen-bond acceptors (Lipinski definition) is 4. The first kappa shape index (κ1) is 13.7. The van der Waals surface area contributed by atoms with Crippen molar-refractivity contribution >= 4 is 12.3 Å². The summed E-state index contributed by atoms with van der Waals surface area (Å²) in [6.45, 7) is 9.18. The van der Waals surface area contributed by atoms with Crippen molar-refractivity contribution in [2.45, 2.75) is 46.3 Å². The summed E-state index contributed by atoms with van der Waals surface area (Å²) in [6.07, 6.45) is 0.760. The summed E-state index contributed by atoms with van der Waals surface area (Å²) in [4.78, 5) is 11.4. The topological polar surface area (TPSA) is 70.9 Å². The Hall–Kier alpha value is -1.26. The van der Waals surface area contributed by atoms with Crippen LogP contribution < -0.4 is 5.32 Å². The Labute approximate surface area is 90.5 Å². The van der Waals surface area contributed by atoms with Gasteiger partial charge in [-0.25, -0.2) is 4.79 Å². The minimum absolute atomic E-state index is 0.133. The van der Waals surface area contributed by atoms with E-state index in [0.717, 1.165) is 0 Å². The average molecular weight is 216 g/mol. The van der Waals surface area contributed by atoms with Crippen LogP contribution in [0.5, 0.6) is 0 Å². The minimum Gasteiger partial charge on any atom is -0.444 e. The number of amides is 1. The maximum absolute atomic E-state index is 11.4. The number of alkyl carbamates (subject to hydrolysis) is 1. The summed E-state index contributed by atoms with van der Waals surface area (Å²) < 4.78 is 5.07. The fourth-order valence-electron chi connectivity index (χ4n) is 0.892. The third-order valence-corrected chi connectivity index (χ3v) is 1.63. The number of carbonyl (C=O) groups excluding carboxylic acids is 1. The summed E-state index contributed by atoms with van der Waals surface area (Å²) >= 11 is 0. The molecule has 0 aliphatic rings. The second kappa shape index (κ2) is 5.58. The van der Waals surface area contributed by atoms with Gasteiger partial charge in [0, 0.05) is 0 Å². The van der Waals surface area contributed by atoms with E-state index in [-0.39, 0.29) is 12.0 Å². The normalized spacial score (nSPS) is 14.3. The zero-order valence-corrected chi connectivity index (χ0v) is 9.94. The molecule has 0 rings (SSSR count). The lowest BCUT2D eigenvalue weighted by Crippen LogP contribution is -2.42. The smallest absolute Gasteiger partial charge is 0.408 e. The fraction of sp³-hybridized carbons (Fsp3) is 0.800. The van der Waals surface area contributed by atoms with E-state index < -0.39 is 11.7 Å². The predicted molar refractivity (Wildman–Crippen MR) is 58.3 cm³/mol. The van der Waals surface area contributed by atoms with E-state index in [0.29, 0.717) is 0 Å². The molecule has 0 saturated heterocycles. The third-order valence-electron chi connectivity index (χ3n) is 1.63. The fourth-order valence-corrected chi connectivity index (χ4v) is 0.892. The Morgan fingerprint density at radius 2 is 2.00 bits per heavy atom. The average Bonchev–Trinajstić information content (AvgIpc) is 1.99. The molecule has 0 radical (unpaired) electrons. The van der Waals surface area contributed by atoms with E-state index >= 15 is 0 Å². The second-order valence-corrected chi connectivity index (χ2v) is 4.68. The Morgan fingerprint density at radius 1 is 1.47 bits per heavy atom. The Bertz CT molecular complexity index is 231. The van der Waals surface area contributed by atoms with E-state index in [1.807, 2.05) is 13.8 Å². The molecule has 0 heterocycles. The molecule has 0 bridgehead atoms. The molecular formula is C10H20N2O3. The Balaban J connectivity index is 4.24. The van der Waals surface area contributed by atoms with Crippen molar-refractivity contribution in [1.82, 2.24) is 5.32 Å². The van der Waals surface area contributed by atoms with Crippen molar-refractivity contribution in [3.63, 3.8) is 0 Å². The standard InChI is InChI=1S/C10H20N2O3/c1-7(2)8(6-11-14)12-9(13)15-10(3,4)5/h6-8,14H,1-5H3,(H,12,13)/t8-/m1/s1. The van der Waals surface area contributed by atoms with Crippen LogP contribution in [0.4, 0.5) is 4.79 Å². The lowest BCUT2D eigenvalue weighted by Gasteiger charge is -2.23. The van der Waals surface area contributed by atoms with Crippen LogP contribution in [0.25, 0.3) is 0 Å². The molecular weight excluding hydrogens is 196 g/mol. The van der Waals surface area contributed by atoms with Crippen LogP contribution in [0.3, 0.4) is 0 Å². The summed E-state index contributed by atoms with van der Waals surface area (Å²) in [7, 11) is 0. The SMILES string of the molecule is CC(C)[C@@H](C=NO)NC(=O)OC(C)(C)C. The number of nitrogens with zero attached hydrogens (tertiary/aromatic N) is 1. The number of rotatable bonds is 3.